The summed E-state index contributed by atoms with van der Waals surface area (Å²) in [4.78, 5) is 4.26. The zero-order valence-corrected chi connectivity index (χ0v) is 7.61. The molecule has 0 amide bonds. The fourth-order valence-corrected chi connectivity index (χ4v) is 1.49. The average Bonchev–Trinajstić information content (AvgIpc) is 2.21. The van der Waals surface area contributed by atoms with E-state index in [1.54, 1.807) is 0 Å². The van der Waals surface area contributed by atoms with E-state index in [4.69, 9.17) is 0 Å². The Morgan fingerprint density at radius 3 is 2.69 bits per heavy atom. The fraction of sp³-hybridized carbons (Fsp3) is 0.250. The van der Waals surface area contributed by atoms with Crippen molar-refractivity contribution in [2.45, 2.75) is 12.8 Å². The van der Waals surface area contributed by atoms with Gasteiger partial charge in [0.15, 0.2) is 0 Å². The smallest absolute Gasteiger partial charge is 0.0392 e. The molecule has 1 aromatic rings. The molecule has 0 bridgehead atoms. The Morgan fingerprint density at radius 1 is 1.15 bits per heavy atom. The summed E-state index contributed by atoms with van der Waals surface area (Å²) in [6.07, 6.45) is 6.56. The maximum Gasteiger partial charge on any atom is 0.0392 e. The summed E-state index contributed by atoms with van der Waals surface area (Å²) in [5.41, 5.74) is 2.61. The molecule has 0 aliphatic carbocycles. The van der Waals surface area contributed by atoms with Gasteiger partial charge in [-0.05, 0) is 24.0 Å². The van der Waals surface area contributed by atoms with Gasteiger partial charge in [-0.3, -0.25) is 4.99 Å². The van der Waals surface area contributed by atoms with Crippen molar-refractivity contribution in [3.8, 4) is 0 Å². The molecule has 2 rings (SSSR count). The van der Waals surface area contributed by atoms with Gasteiger partial charge in [-0.1, -0.05) is 36.4 Å². The van der Waals surface area contributed by atoms with Crippen LogP contribution < -0.4 is 0 Å². The number of hydrogen-bond donors (Lipinski definition) is 0. The minimum Gasteiger partial charge on any atom is -0.293 e. The largest absolute Gasteiger partial charge is 0.293 e. The van der Waals surface area contributed by atoms with Crippen molar-refractivity contribution >= 4 is 12.3 Å². The van der Waals surface area contributed by atoms with Crippen LogP contribution in [0.5, 0.6) is 0 Å². The molecule has 13 heavy (non-hydrogen) atoms. The maximum atomic E-state index is 4.26. The molecule has 0 N–H and O–H groups in total. The van der Waals surface area contributed by atoms with Gasteiger partial charge in [0, 0.05) is 12.8 Å². The second kappa shape index (κ2) is 4.04. The Morgan fingerprint density at radius 2 is 2.00 bits per heavy atom. The van der Waals surface area contributed by atoms with E-state index in [0.29, 0.717) is 0 Å². The molecule has 1 aliphatic heterocycles. The number of benzene rings is 1. The van der Waals surface area contributed by atoms with Gasteiger partial charge in [-0.15, -0.1) is 0 Å². The van der Waals surface area contributed by atoms with Gasteiger partial charge in [-0.25, -0.2) is 0 Å². The lowest BCUT2D eigenvalue weighted by atomic mass is 10.1. The first kappa shape index (κ1) is 8.24. The molecule has 1 aliphatic rings. The van der Waals surface area contributed by atoms with Crippen molar-refractivity contribution < 1.29 is 0 Å². The first-order chi connectivity index (χ1) is 6.45. The number of rotatable bonds is 1. The van der Waals surface area contributed by atoms with Crippen LogP contribution in [-0.2, 0) is 0 Å². The molecular weight excluding hydrogens is 158 g/mol. The van der Waals surface area contributed by atoms with Crippen molar-refractivity contribution in [2.24, 2.45) is 4.99 Å². The quantitative estimate of drug-likeness (QED) is 0.616. The third-order valence-electron chi connectivity index (χ3n) is 2.16. The highest BCUT2D eigenvalue weighted by atomic mass is 14.7. The Balaban J connectivity index is 2.20. The predicted octanol–water partition coefficient (Wildman–Crippen LogP) is 2.93. The fourth-order valence-electron chi connectivity index (χ4n) is 1.49. The number of allylic oxidation sites excluding steroid dienone is 1. The third-order valence-corrected chi connectivity index (χ3v) is 2.16. The van der Waals surface area contributed by atoms with Crippen LogP contribution in [-0.4, -0.2) is 12.8 Å². The van der Waals surface area contributed by atoms with Crippen molar-refractivity contribution in [1.82, 2.24) is 0 Å². The standard InChI is InChI=1S/C12H13N/c1-2-5-11(6-3-1)9-12-7-4-8-13-10-12/h1-3,5-6,9-10H,4,7-8H2/b12-9+. The number of aliphatic imine (C=N–C) groups is 1. The molecule has 0 saturated heterocycles. The molecule has 0 fully saturated rings. The Kier molecular flexibility index (Phi) is 2.56. The Hall–Kier alpha value is -1.37. The van der Waals surface area contributed by atoms with Gasteiger partial charge < -0.3 is 0 Å². The van der Waals surface area contributed by atoms with E-state index < -0.39 is 0 Å². The van der Waals surface area contributed by atoms with Crippen LogP contribution in [0.4, 0.5) is 0 Å². The molecule has 1 aromatic carbocycles. The summed E-state index contributed by atoms with van der Waals surface area (Å²) in [5.74, 6) is 0. The molecule has 66 valence electrons. The second-order valence-electron chi connectivity index (χ2n) is 3.27. The maximum absolute atomic E-state index is 4.26. The van der Waals surface area contributed by atoms with Gasteiger partial charge >= 0.3 is 0 Å². The van der Waals surface area contributed by atoms with Gasteiger partial charge in [0.2, 0.25) is 0 Å². The van der Waals surface area contributed by atoms with Crippen molar-refractivity contribution in [2.75, 3.05) is 6.54 Å². The Bertz CT molecular complexity index is 322. The summed E-state index contributed by atoms with van der Waals surface area (Å²) < 4.78 is 0. The molecule has 0 saturated carbocycles. The molecule has 1 nitrogen and oxygen atoms in total. The zero-order valence-electron chi connectivity index (χ0n) is 7.61. The molecule has 0 aromatic heterocycles. The predicted molar refractivity (Wildman–Crippen MR) is 57.0 cm³/mol. The van der Waals surface area contributed by atoms with Crippen LogP contribution in [0.25, 0.3) is 6.08 Å². The summed E-state index contributed by atoms with van der Waals surface area (Å²) in [7, 11) is 0. The van der Waals surface area contributed by atoms with Gasteiger partial charge in [0.25, 0.3) is 0 Å². The number of nitrogens with zero attached hydrogens (tertiary/aromatic N) is 1. The Labute approximate surface area is 78.8 Å². The highest BCUT2D eigenvalue weighted by molar-refractivity contribution is 5.86. The summed E-state index contributed by atoms with van der Waals surface area (Å²) >= 11 is 0. The SMILES string of the molecule is C1=NCCC/C1=C\c1ccccc1. The molecule has 1 heterocycles. The first-order valence-corrected chi connectivity index (χ1v) is 4.70. The van der Waals surface area contributed by atoms with E-state index in [1.165, 1.54) is 24.0 Å². The highest BCUT2D eigenvalue weighted by Gasteiger charge is 1.99. The van der Waals surface area contributed by atoms with Crippen LogP contribution >= 0.6 is 0 Å². The van der Waals surface area contributed by atoms with E-state index in [1.807, 2.05) is 12.3 Å². The van der Waals surface area contributed by atoms with Crippen LogP contribution in [0.1, 0.15) is 18.4 Å². The minimum atomic E-state index is 0.992. The second-order valence-corrected chi connectivity index (χ2v) is 3.27. The molecule has 0 unspecified atom stereocenters. The monoisotopic (exact) mass is 171 g/mol. The molecule has 0 atom stereocenters. The lowest BCUT2D eigenvalue weighted by molar-refractivity contribution is 0.826. The van der Waals surface area contributed by atoms with E-state index in [0.717, 1.165) is 6.54 Å². The minimum absolute atomic E-state index is 0.992. The van der Waals surface area contributed by atoms with Crippen molar-refractivity contribution in [3.63, 3.8) is 0 Å². The summed E-state index contributed by atoms with van der Waals surface area (Å²) in [6, 6.07) is 10.4. The zero-order chi connectivity index (χ0) is 8.93. The van der Waals surface area contributed by atoms with Gasteiger partial charge in [-0.2, -0.15) is 0 Å². The molecular formula is C12H13N. The molecule has 1 heteroatoms. The van der Waals surface area contributed by atoms with Crippen LogP contribution in [0.15, 0.2) is 40.9 Å². The lowest BCUT2D eigenvalue weighted by Gasteiger charge is -2.05. The molecule has 0 radical (unpaired) electrons. The first-order valence-electron chi connectivity index (χ1n) is 4.70. The van der Waals surface area contributed by atoms with Crippen LogP contribution in [0.2, 0.25) is 0 Å². The van der Waals surface area contributed by atoms with Gasteiger partial charge in [0.05, 0.1) is 0 Å². The van der Waals surface area contributed by atoms with E-state index in [-0.39, 0.29) is 0 Å². The van der Waals surface area contributed by atoms with E-state index in [9.17, 15) is 0 Å². The van der Waals surface area contributed by atoms with Gasteiger partial charge in [0.1, 0.15) is 0 Å². The highest BCUT2D eigenvalue weighted by Crippen LogP contribution is 2.12. The van der Waals surface area contributed by atoms with Crippen molar-refractivity contribution in [3.05, 3.63) is 41.5 Å². The van der Waals surface area contributed by atoms with E-state index in [2.05, 4.69) is 35.3 Å². The van der Waals surface area contributed by atoms with E-state index >= 15 is 0 Å². The molecule has 0 spiro atoms. The summed E-state index contributed by atoms with van der Waals surface area (Å²) in [6.45, 7) is 0.992. The topological polar surface area (TPSA) is 12.4 Å². The average molecular weight is 171 g/mol. The lowest BCUT2D eigenvalue weighted by Crippen LogP contribution is -1.96. The summed E-state index contributed by atoms with van der Waals surface area (Å²) in [5, 5.41) is 0. The van der Waals surface area contributed by atoms with Crippen molar-refractivity contribution in [1.29, 1.82) is 0 Å². The van der Waals surface area contributed by atoms with Crippen LogP contribution in [0.3, 0.4) is 0 Å². The third kappa shape index (κ3) is 2.28. The number of hydrogen-bond acceptors (Lipinski definition) is 1. The normalized spacial score (nSPS) is 19.2. The van der Waals surface area contributed by atoms with Crippen LogP contribution in [0, 0.1) is 0 Å².